The highest BCUT2D eigenvalue weighted by Gasteiger charge is 2.58. The molecule has 2 amide bonds. The maximum absolute atomic E-state index is 14.3. The molecular formula is C24H25ClF6N4O3. The average Bonchev–Trinajstić information content (AvgIpc) is 3.34. The van der Waals surface area contributed by atoms with Crippen LogP contribution in [0.1, 0.15) is 26.2 Å². The lowest BCUT2D eigenvalue weighted by atomic mass is 9.86. The van der Waals surface area contributed by atoms with Crippen LogP contribution in [0.2, 0.25) is 0 Å². The van der Waals surface area contributed by atoms with Gasteiger partial charge in [-0.05, 0) is 56.7 Å². The van der Waals surface area contributed by atoms with Gasteiger partial charge >= 0.3 is 6.36 Å². The van der Waals surface area contributed by atoms with E-state index >= 15 is 0 Å². The molecule has 208 valence electrons. The highest BCUT2D eigenvalue weighted by Crippen LogP contribution is 2.53. The number of nitrogens with zero attached hydrogens (tertiary/aromatic N) is 3. The van der Waals surface area contributed by atoms with Gasteiger partial charge in [-0.1, -0.05) is 11.6 Å². The summed E-state index contributed by atoms with van der Waals surface area (Å²) in [6.07, 6.45) is -2.95. The molecule has 2 unspecified atom stereocenters. The maximum Gasteiger partial charge on any atom is 0.573 e. The van der Waals surface area contributed by atoms with Crippen LogP contribution in [0.25, 0.3) is 0 Å². The van der Waals surface area contributed by atoms with Crippen LogP contribution in [-0.2, 0) is 9.59 Å². The Hall–Kier alpha value is -3.09. The number of aliphatic imine (C=N–C) groups is 2. The van der Waals surface area contributed by atoms with E-state index in [0.717, 1.165) is 36.7 Å². The van der Waals surface area contributed by atoms with E-state index < -0.39 is 65.3 Å². The van der Waals surface area contributed by atoms with Crippen LogP contribution >= 0.6 is 11.6 Å². The van der Waals surface area contributed by atoms with Crippen molar-refractivity contribution in [2.24, 2.45) is 21.8 Å². The van der Waals surface area contributed by atoms with Gasteiger partial charge in [-0.2, -0.15) is 0 Å². The van der Waals surface area contributed by atoms with Gasteiger partial charge in [-0.15, -0.1) is 13.2 Å². The van der Waals surface area contributed by atoms with E-state index in [2.05, 4.69) is 26.8 Å². The van der Waals surface area contributed by atoms with Crippen molar-refractivity contribution in [1.29, 1.82) is 0 Å². The fourth-order valence-corrected chi connectivity index (χ4v) is 5.18. The van der Waals surface area contributed by atoms with Crippen LogP contribution in [0.4, 0.5) is 32.0 Å². The molecule has 1 aromatic carbocycles. The molecule has 0 heterocycles. The number of nitrogens with one attached hydrogen (secondary N) is 1. The molecule has 1 N–H and O–H groups in total. The average molecular weight is 567 g/mol. The number of halogens is 7. The molecule has 0 radical (unpaired) electrons. The SMILES string of the molecule is C=N/C=C(\C=NC)[C@@](C)(C(=O)N[C@@H]1CC2CC1CC2(F)F)N(C(=O)[C@H](F)Cl)c1ccc(OC(F)(F)F)cc1. The molecule has 14 heteroatoms. The Labute approximate surface area is 219 Å². The number of rotatable bonds is 9. The van der Waals surface area contributed by atoms with Crippen LogP contribution in [0.15, 0.2) is 46.0 Å². The zero-order chi connectivity index (χ0) is 28.5. The minimum absolute atomic E-state index is 0.00121. The van der Waals surface area contributed by atoms with Gasteiger partial charge in [0.05, 0.1) is 0 Å². The normalized spacial score (nSPS) is 25.1. The summed E-state index contributed by atoms with van der Waals surface area (Å²) in [5.41, 5.74) is -5.09. The molecule has 2 saturated carbocycles. The number of carbonyl (C=O) groups excluding carboxylic acids is 2. The quantitative estimate of drug-likeness (QED) is 0.258. The number of hydrogen-bond acceptors (Lipinski definition) is 5. The highest BCUT2D eigenvalue weighted by atomic mass is 35.5. The molecule has 38 heavy (non-hydrogen) atoms. The van der Waals surface area contributed by atoms with Crippen molar-refractivity contribution in [2.75, 3.05) is 11.9 Å². The fourth-order valence-electron chi connectivity index (χ4n) is 5.08. The molecule has 0 aromatic heterocycles. The zero-order valence-corrected chi connectivity index (χ0v) is 21.1. The van der Waals surface area contributed by atoms with Crippen molar-refractivity contribution in [1.82, 2.24) is 5.32 Å². The number of ether oxygens (including phenoxy) is 1. The third-order valence-corrected chi connectivity index (χ3v) is 7.02. The highest BCUT2D eigenvalue weighted by molar-refractivity contribution is 6.32. The Morgan fingerprint density at radius 2 is 1.89 bits per heavy atom. The Morgan fingerprint density at radius 3 is 2.34 bits per heavy atom. The number of amides is 2. The van der Waals surface area contributed by atoms with Crippen molar-refractivity contribution in [3.8, 4) is 5.75 Å². The molecule has 7 nitrogen and oxygen atoms in total. The second kappa shape index (κ2) is 11.0. The molecule has 2 fully saturated rings. The summed E-state index contributed by atoms with van der Waals surface area (Å²) in [7, 11) is 1.35. The molecule has 2 bridgehead atoms. The molecule has 2 aliphatic carbocycles. The van der Waals surface area contributed by atoms with Crippen LogP contribution in [0, 0.1) is 11.8 Å². The third-order valence-electron chi connectivity index (χ3n) is 6.83. The molecule has 5 atom stereocenters. The predicted octanol–water partition coefficient (Wildman–Crippen LogP) is 5.05. The van der Waals surface area contributed by atoms with Gasteiger partial charge in [-0.25, -0.2) is 13.2 Å². The van der Waals surface area contributed by atoms with Gasteiger partial charge in [0.15, 0.2) is 5.54 Å². The first-order valence-electron chi connectivity index (χ1n) is 11.4. The molecule has 0 spiro atoms. The molecule has 3 rings (SSSR count). The third kappa shape index (κ3) is 5.97. The Morgan fingerprint density at radius 1 is 1.26 bits per heavy atom. The first-order chi connectivity index (χ1) is 17.6. The van der Waals surface area contributed by atoms with Crippen LogP contribution in [0.3, 0.4) is 0 Å². The fraction of sp³-hybridized carbons (Fsp3) is 0.500. The predicted molar refractivity (Wildman–Crippen MR) is 130 cm³/mol. The summed E-state index contributed by atoms with van der Waals surface area (Å²) in [6.45, 7) is 4.56. The van der Waals surface area contributed by atoms with Crippen LogP contribution < -0.4 is 15.0 Å². The molecule has 2 aliphatic rings. The number of fused-ring (bicyclic) bond motifs is 2. The van der Waals surface area contributed by atoms with Gasteiger partial charge in [-0.3, -0.25) is 24.5 Å². The number of alkyl halides is 7. The van der Waals surface area contributed by atoms with Gasteiger partial charge in [0.25, 0.3) is 23.4 Å². The maximum atomic E-state index is 14.3. The molecule has 0 saturated heterocycles. The first kappa shape index (κ1) is 29.5. The van der Waals surface area contributed by atoms with E-state index in [1.54, 1.807) is 0 Å². The van der Waals surface area contributed by atoms with Crippen molar-refractivity contribution in [3.63, 3.8) is 0 Å². The number of anilines is 1. The minimum atomic E-state index is -4.99. The van der Waals surface area contributed by atoms with E-state index in [4.69, 9.17) is 11.6 Å². The lowest BCUT2D eigenvalue weighted by Crippen LogP contribution is -2.63. The van der Waals surface area contributed by atoms with E-state index in [0.29, 0.717) is 4.90 Å². The van der Waals surface area contributed by atoms with Gasteiger partial charge < -0.3 is 10.1 Å². The van der Waals surface area contributed by atoms with Crippen molar-refractivity contribution in [3.05, 3.63) is 36.0 Å². The Balaban J connectivity index is 2.08. The van der Waals surface area contributed by atoms with E-state index in [-0.39, 0.29) is 24.1 Å². The molecule has 0 aliphatic heterocycles. The lowest BCUT2D eigenvalue weighted by molar-refractivity contribution is -0.274. The summed E-state index contributed by atoms with van der Waals surface area (Å²) < 4.78 is 84.1. The summed E-state index contributed by atoms with van der Waals surface area (Å²) in [5.74, 6) is -7.23. The largest absolute Gasteiger partial charge is 0.573 e. The van der Waals surface area contributed by atoms with Crippen molar-refractivity contribution in [2.45, 2.75) is 55.7 Å². The second-order valence-electron chi connectivity index (χ2n) is 9.22. The van der Waals surface area contributed by atoms with Gasteiger partial charge in [0, 0.05) is 49.1 Å². The summed E-state index contributed by atoms with van der Waals surface area (Å²) in [4.78, 5) is 35.1. The Bertz CT molecular complexity index is 1130. The smallest absolute Gasteiger partial charge is 0.406 e. The molecular weight excluding hydrogens is 542 g/mol. The van der Waals surface area contributed by atoms with Gasteiger partial charge in [0.1, 0.15) is 5.75 Å². The number of benzene rings is 1. The van der Waals surface area contributed by atoms with E-state index in [1.807, 2.05) is 0 Å². The monoisotopic (exact) mass is 566 g/mol. The number of carbonyl (C=O) groups is 2. The topological polar surface area (TPSA) is 83.4 Å². The first-order valence-corrected chi connectivity index (χ1v) is 11.8. The Kier molecular flexibility index (Phi) is 8.49. The standard InChI is InChI=1S/C24H25ClF6N4O3/c1-22(15(11-32-2)12-33-3,21(37)34-18-9-14-8-13(18)10-23(14,27)28)35(20(36)19(25)26)16-4-6-17(7-5-16)38-24(29,30)31/h4-7,11-14,18-19H,2,8-10H2,1,3H3,(H,34,37)/b15-11+,33-12?/t13?,14?,18-,19+,22+/m1/s1. The van der Waals surface area contributed by atoms with Crippen LogP contribution in [-0.4, -0.2) is 61.3 Å². The minimum Gasteiger partial charge on any atom is -0.406 e. The summed E-state index contributed by atoms with van der Waals surface area (Å²) in [6, 6.07) is 3.08. The van der Waals surface area contributed by atoms with Gasteiger partial charge in [0.2, 0.25) is 0 Å². The van der Waals surface area contributed by atoms with Crippen molar-refractivity contribution < 1.29 is 40.7 Å². The van der Waals surface area contributed by atoms with Crippen LogP contribution in [0.5, 0.6) is 5.75 Å². The van der Waals surface area contributed by atoms with E-state index in [9.17, 15) is 35.9 Å². The van der Waals surface area contributed by atoms with Crippen molar-refractivity contribution >= 4 is 42.0 Å². The second-order valence-corrected chi connectivity index (χ2v) is 9.60. The summed E-state index contributed by atoms with van der Waals surface area (Å²) >= 11 is 5.48. The molecule has 1 aromatic rings. The summed E-state index contributed by atoms with van der Waals surface area (Å²) in [5, 5.41) is 2.70. The lowest BCUT2D eigenvalue weighted by Gasteiger charge is -2.42. The van der Waals surface area contributed by atoms with E-state index in [1.165, 1.54) is 14.0 Å². The number of hydrogen-bond donors (Lipinski definition) is 1. The zero-order valence-electron chi connectivity index (χ0n) is 20.3.